The zero-order valence-electron chi connectivity index (χ0n) is 10.4. The van der Waals surface area contributed by atoms with Gasteiger partial charge in [-0.1, -0.05) is 27.2 Å². The van der Waals surface area contributed by atoms with Crippen molar-refractivity contribution in [3.8, 4) is 0 Å². The van der Waals surface area contributed by atoms with Crippen LogP contribution in [-0.4, -0.2) is 28.5 Å². The molecule has 0 aliphatic carbocycles. The zero-order chi connectivity index (χ0) is 13.7. The van der Waals surface area contributed by atoms with E-state index in [0.717, 1.165) is 0 Å². The van der Waals surface area contributed by atoms with Crippen LogP contribution in [0.15, 0.2) is 27.8 Å². The van der Waals surface area contributed by atoms with Gasteiger partial charge in [0.05, 0.1) is 6.54 Å². The average Bonchev–Trinajstić information content (AvgIpc) is 2.30. The summed E-state index contributed by atoms with van der Waals surface area (Å²) in [5.41, 5.74) is 6.07. The van der Waals surface area contributed by atoms with Crippen LogP contribution in [0.5, 0.6) is 0 Å². The summed E-state index contributed by atoms with van der Waals surface area (Å²) in [6.07, 6.45) is 0. The number of amidine groups is 1. The fourth-order valence-corrected chi connectivity index (χ4v) is 1.86. The van der Waals surface area contributed by atoms with Crippen LogP contribution in [0.3, 0.4) is 0 Å². The lowest BCUT2D eigenvalue weighted by Crippen LogP contribution is -2.38. The van der Waals surface area contributed by atoms with Crippen molar-refractivity contribution in [1.29, 1.82) is 0 Å². The smallest absolute Gasteiger partial charge is 0.153 e. The summed E-state index contributed by atoms with van der Waals surface area (Å²) >= 11 is 3.22. The molecule has 18 heavy (non-hydrogen) atoms. The minimum Gasteiger partial charge on any atom is -0.409 e. The summed E-state index contributed by atoms with van der Waals surface area (Å²) in [6, 6.07) is 5.10. The number of benzene rings is 1. The van der Waals surface area contributed by atoms with Gasteiger partial charge in [-0.2, -0.15) is 0 Å². The Hall–Kier alpha value is -1.14. The van der Waals surface area contributed by atoms with Crippen molar-refractivity contribution >= 4 is 21.8 Å². The molecule has 100 valence electrons. The first-order valence-corrected chi connectivity index (χ1v) is 6.37. The number of rotatable bonds is 5. The molecule has 1 rings (SSSR count). The Morgan fingerprint density at radius 3 is 2.72 bits per heavy atom. The van der Waals surface area contributed by atoms with Crippen LogP contribution < -0.4 is 5.73 Å². The van der Waals surface area contributed by atoms with E-state index in [0.29, 0.717) is 23.1 Å². The second-order valence-corrected chi connectivity index (χ2v) is 5.24. The van der Waals surface area contributed by atoms with Crippen molar-refractivity contribution in [2.45, 2.75) is 26.4 Å². The van der Waals surface area contributed by atoms with Gasteiger partial charge >= 0.3 is 0 Å². The lowest BCUT2D eigenvalue weighted by molar-refractivity contribution is 0.235. The fourth-order valence-electron chi connectivity index (χ4n) is 1.53. The van der Waals surface area contributed by atoms with E-state index in [2.05, 4.69) is 21.1 Å². The minimum atomic E-state index is -0.269. The Bertz CT molecular complexity index is 437. The van der Waals surface area contributed by atoms with Gasteiger partial charge in [0.15, 0.2) is 5.84 Å². The molecule has 0 unspecified atom stereocenters. The van der Waals surface area contributed by atoms with Gasteiger partial charge in [0.25, 0.3) is 0 Å². The molecule has 0 radical (unpaired) electrons. The third-order valence-corrected chi connectivity index (χ3v) is 3.11. The van der Waals surface area contributed by atoms with Crippen LogP contribution in [0.25, 0.3) is 0 Å². The lowest BCUT2D eigenvalue weighted by Gasteiger charge is -2.25. The van der Waals surface area contributed by atoms with Gasteiger partial charge in [-0.25, -0.2) is 4.39 Å². The lowest BCUT2D eigenvalue weighted by atomic mass is 10.1. The van der Waals surface area contributed by atoms with Crippen LogP contribution in [0, 0.1) is 5.82 Å². The highest BCUT2D eigenvalue weighted by Crippen LogP contribution is 2.17. The van der Waals surface area contributed by atoms with E-state index in [1.807, 2.05) is 18.7 Å². The van der Waals surface area contributed by atoms with Crippen molar-refractivity contribution in [3.05, 3.63) is 34.1 Å². The predicted molar refractivity (Wildman–Crippen MR) is 73.1 cm³/mol. The maximum Gasteiger partial charge on any atom is 0.153 e. The molecule has 0 saturated carbocycles. The van der Waals surface area contributed by atoms with Gasteiger partial charge in [-0.15, -0.1) is 0 Å². The normalized spacial score (nSPS) is 12.4. The van der Waals surface area contributed by atoms with E-state index in [1.165, 1.54) is 6.07 Å². The topological polar surface area (TPSA) is 61.8 Å². The maximum absolute atomic E-state index is 13.7. The van der Waals surface area contributed by atoms with Gasteiger partial charge in [0.1, 0.15) is 5.82 Å². The fraction of sp³-hybridized carbons (Fsp3) is 0.417. The van der Waals surface area contributed by atoms with Crippen LogP contribution in [-0.2, 0) is 6.54 Å². The van der Waals surface area contributed by atoms with Crippen LogP contribution in [0.2, 0.25) is 0 Å². The van der Waals surface area contributed by atoms with E-state index in [4.69, 9.17) is 10.9 Å². The van der Waals surface area contributed by atoms with Crippen LogP contribution >= 0.6 is 15.9 Å². The van der Waals surface area contributed by atoms with Crippen molar-refractivity contribution < 1.29 is 9.60 Å². The molecule has 0 atom stereocenters. The van der Waals surface area contributed by atoms with Gasteiger partial charge in [0.2, 0.25) is 0 Å². The number of halogens is 2. The molecule has 0 aromatic heterocycles. The van der Waals surface area contributed by atoms with Gasteiger partial charge < -0.3 is 10.9 Å². The Balaban J connectivity index is 2.83. The van der Waals surface area contributed by atoms with Gasteiger partial charge in [0, 0.05) is 22.6 Å². The van der Waals surface area contributed by atoms with Crippen LogP contribution in [0.1, 0.15) is 19.4 Å². The van der Waals surface area contributed by atoms with Crippen molar-refractivity contribution in [2.75, 3.05) is 6.54 Å². The highest BCUT2D eigenvalue weighted by molar-refractivity contribution is 9.10. The average molecular weight is 318 g/mol. The Morgan fingerprint density at radius 2 is 2.22 bits per heavy atom. The van der Waals surface area contributed by atoms with Gasteiger partial charge in [-0.05, 0) is 26.0 Å². The quantitative estimate of drug-likeness (QED) is 0.380. The van der Waals surface area contributed by atoms with E-state index in [1.54, 1.807) is 12.1 Å². The summed E-state index contributed by atoms with van der Waals surface area (Å²) in [6.45, 7) is 4.65. The van der Waals surface area contributed by atoms with Crippen molar-refractivity contribution in [3.63, 3.8) is 0 Å². The molecule has 0 spiro atoms. The predicted octanol–water partition coefficient (Wildman–Crippen LogP) is 2.55. The SMILES string of the molecule is CC(C)N(CC(N)=NO)Cc1ccc(Br)cc1F. The van der Waals surface area contributed by atoms with Crippen molar-refractivity contribution in [1.82, 2.24) is 4.90 Å². The standard InChI is InChI=1S/C12H17BrFN3O/c1-8(2)17(7-12(15)16-18)6-9-3-4-10(13)5-11(9)14/h3-5,8,18H,6-7H2,1-2H3,(H2,15,16). The van der Waals surface area contributed by atoms with Gasteiger partial charge in [-0.3, -0.25) is 4.90 Å². The molecule has 1 aromatic carbocycles. The van der Waals surface area contributed by atoms with Crippen LogP contribution in [0.4, 0.5) is 4.39 Å². The number of oxime groups is 1. The number of nitrogens with zero attached hydrogens (tertiary/aromatic N) is 2. The second-order valence-electron chi connectivity index (χ2n) is 4.33. The van der Waals surface area contributed by atoms with E-state index < -0.39 is 0 Å². The molecule has 0 aliphatic heterocycles. The third kappa shape index (κ3) is 4.27. The zero-order valence-corrected chi connectivity index (χ0v) is 12.0. The molecule has 0 bridgehead atoms. The first-order valence-electron chi connectivity index (χ1n) is 5.58. The molecule has 0 amide bonds. The van der Waals surface area contributed by atoms with E-state index in [9.17, 15) is 4.39 Å². The van der Waals surface area contributed by atoms with Crippen molar-refractivity contribution in [2.24, 2.45) is 10.9 Å². The summed E-state index contributed by atoms with van der Waals surface area (Å²) in [4.78, 5) is 1.92. The summed E-state index contributed by atoms with van der Waals surface area (Å²) < 4.78 is 14.4. The highest BCUT2D eigenvalue weighted by atomic mass is 79.9. The molecule has 4 nitrogen and oxygen atoms in total. The molecule has 0 aliphatic rings. The number of hydrogen-bond donors (Lipinski definition) is 2. The Kier molecular flexibility index (Phi) is 5.55. The number of hydrogen-bond acceptors (Lipinski definition) is 3. The minimum absolute atomic E-state index is 0.112. The molecule has 0 fully saturated rings. The monoisotopic (exact) mass is 317 g/mol. The number of nitrogens with two attached hydrogens (primary N) is 1. The molecule has 0 saturated heterocycles. The molecule has 3 N–H and O–H groups in total. The second kappa shape index (κ2) is 6.70. The summed E-state index contributed by atoms with van der Waals surface area (Å²) in [7, 11) is 0. The molecule has 1 aromatic rings. The first kappa shape index (κ1) is 14.9. The Morgan fingerprint density at radius 1 is 1.56 bits per heavy atom. The molecular weight excluding hydrogens is 301 g/mol. The largest absolute Gasteiger partial charge is 0.409 e. The third-order valence-electron chi connectivity index (χ3n) is 2.61. The molecule has 0 heterocycles. The van der Waals surface area contributed by atoms with E-state index >= 15 is 0 Å². The summed E-state index contributed by atoms with van der Waals surface area (Å²) in [5.74, 6) is -0.157. The Labute approximate surface area is 114 Å². The molecule has 6 heteroatoms. The van der Waals surface area contributed by atoms with E-state index in [-0.39, 0.29) is 17.7 Å². The maximum atomic E-state index is 13.7. The summed E-state index contributed by atoms with van der Waals surface area (Å²) in [5, 5.41) is 11.5. The molecular formula is C12H17BrFN3O. The first-order chi connectivity index (χ1) is 8.43. The highest BCUT2D eigenvalue weighted by Gasteiger charge is 2.14.